The molecule has 0 saturated heterocycles. The molecule has 0 radical (unpaired) electrons. The second-order valence-electron chi connectivity index (χ2n) is 5.07. The summed E-state index contributed by atoms with van der Waals surface area (Å²) in [7, 11) is 0. The van der Waals surface area contributed by atoms with Gasteiger partial charge < -0.3 is 11.1 Å². The third kappa shape index (κ3) is 5.32. The summed E-state index contributed by atoms with van der Waals surface area (Å²) in [5.74, 6) is 0.867. The van der Waals surface area contributed by atoms with Crippen LogP contribution in [-0.4, -0.2) is 12.5 Å². The number of rotatable bonds is 4. The van der Waals surface area contributed by atoms with Crippen LogP contribution in [0.15, 0.2) is 40.7 Å². The monoisotopic (exact) mass is 415 g/mol. The SMILES string of the molecule is Cc1ccc(NC(N)=NCC(C)c2cccs2)cc1C.I. The predicted octanol–water partition coefficient (Wildman–Crippen LogP) is 4.51. The number of guanidine groups is 1. The highest BCUT2D eigenvalue weighted by Gasteiger charge is 2.05. The van der Waals surface area contributed by atoms with E-state index < -0.39 is 0 Å². The van der Waals surface area contributed by atoms with E-state index in [2.05, 4.69) is 60.7 Å². The van der Waals surface area contributed by atoms with Crippen molar-refractivity contribution in [3.63, 3.8) is 0 Å². The number of hydrogen-bond donors (Lipinski definition) is 2. The second-order valence-corrected chi connectivity index (χ2v) is 6.05. The van der Waals surface area contributed by atoms with Crippen LogP contribution in [0.5, 0.6) is 0 Å². The summed E-state index contributed by atoms with van der Waals surface area (Å²) in [5, 5.41) is 5.23. The van der Waals surface area contributed by atoms with Gasteiger partial charge in [-0.1, -0.05) is 19.1 Å². The fourth-order valence-electron chi connectivity index (χ4n) is 1.90. The molecule has 3 nitrogen and oxygen atoms in total. The third-order valence-corrected chi connectivity index (χ3v) is 4.45. The van der Waals surface area contributed by atoms with Crippen molar-refractivity contribution < 1.29 is 0 Å². The fourth-order valence-corrected chi connectivity index (χ4v) is 2.68. The van der Waals surface area contributed by atoms with Crippen molar-refractivity contribution in [2.45, 2.75) is 26.7 Å². The molecular weight excluding hydrogens is 393 g/mol. The Bertz CT molecular complexity index is 594. The Hall–Kier alpha value is -1.08. The van der Waals surface area contributed by atoms with E-state index in [0.29, 0.717) is 18.4 Å². The summed E-state index contributed by atoms with van der Waals surface area (Å²) in [4.78, 5) is 5.76. The molecule has 0 aliphatic heterocycles. The van der Waals surface area contributed by atoms with Crippen LogP contribution in [0, 0.1) is 13.8 Å². The molecule has 0 aliphatic rings. The highest BCUT2D eigenvalue weighted by molar-refractivity contribution is 14.0. The van der Waals surface area contributed by atoms with Crippen molar-refractivity contribution in [2.75, 3.05) is 11.9 Å². The molecule has 2 rings (SSSR count). The number of aliphatic imine (C=N–C) groups is 1. The van der Waals surface area contributed by atoms with Gasteiger partial charge in [0, 0.05) is 16.5 Å². The van der Waals surface area contributed by atoms with Crippen molar-refractivity contribution in [3.8, 4) is 0 Å². The number of nitrogens with two attached hydrogens (primary N) is 1. The topological polar surface area (TPSA) is 50.4 Å². The Kier molecular flexibility index (Phi) is 7.17. The van der Waals surface area contributed by atoms with E-state index in [9.17, 15) is 0 Å². The summed E-state index contributed by atoms with van der Waals surface area (Å²) < 4.78 is 0. The van der Waals surface area contributed by atoms with Gasteiger partial charge in [0.25, 0.3) is 0 Å². The van der Waals surface area contributed by atoms with Gasteiger partial charge in [0.2, 0.25) is 0 Å². The van der Waals surface area contributed by atoms with Crippen LogP contribution in [0.3, 0.4) is 0 Å². The highest BCUT2D eigenvalue weighted by atomic mass is 127. The predicted molar refractivity (Wildman–Crippen MR) is 104 cm³/mol. The number of nitrogens with one attached hydrogen (secondary N) is 1. The Morgan fingerprint density at radius 2 is 2.05 bits per heavy atom. The zero-order chi connectivity index (χ0) is 14.5. The van der Waals surface area contributed by atoms with Crippen LogP contribution in [0.25, 0.3) is 0 Å². The molecule has 0 spiro atoms. The summed E-state index contributed by atoms with van der Waals surface area (Å²) in [6.07, 6.45) is 0. The van der Waals surface area contributed by atoms with E-state index >= 15 is 0 Å². The van der Waals surface area contributed by atoms with Gasteiger partial charge in [-0.2, -0.15) is 0 Å². The smallest absolute Gasteiger partial charge is 0.193 e. The molecule has 0 bridgehead atoms. The van der Waals surface area contributed by atoms with E-state index in [1.54, 1.807) is 11.3 Å². The van der Waals surface area contributed by atoms with Gasteiger partial charge in [0.15, 0.2) is 5.96 Å². The Balaban J connectivity index is 0.00000220. The average Bonchev–Trinajstić information content (AvgIpc) is 2.94. The average molecular weight is 415 g/mol. The molecule has 2 aromatic rings. The zero-order valence-corrected chi connectivity index (χ0v) is 15.7. The summed E-state index contributed by atoms with van der Waals surface area (Å²) in [6, 6.07) is 10.4. The number of hydrogen-bond acceptors (Lipinski definition) is 2. The minimum atomic E-state index is 0. The molecule has 21 heavy (non-hydrogen) atoms. The lowest BCUT2D eigenvalue weighted by Crippen LogP contribution is -2.23. The number of anilines is 1. The van der Waals surface area contributed by atoms with E-state index in [-0.39, 0.29) is 24.0 Å². The first-order valence-electron chi connectivity index (χ1n) is 6.74. The normalized spacial score (nSPS) is 12.6. The van der Waals surface area contributed by atoms with E-state index in [0.717, 1.165) is 5.69 Å². The van der Waals surface area contributed by atoms with Gasteiger partial charge in [0.05, 0.1) is 6.54 Å². The molecule has 1 unspecified atom stereocenters. The van der Waals surface area contributed by atoms with E-state index in [1.807, 2.05) is 6.07 Å². The number of halogens is 1. The van der Waals surface area contributed by atoms with Crippen LogP contribution in [-0.2, 0) is 0 Å². The van der Waals surface area contributed by atoms with Crippen molar-refractivity contribution >= 4 is 47.0 Å². The molecular formula is C16H22IN3S. The fraction of sp³-hybridized carbons (Fsp3) is 0.312. The summed E-state index contributed by atoms with van der Waals surface area (Å²) >= 11 is 1.76. The Morgan fingerprint density at radius 3 is 2.67 bits per heavy atom. The minimum absolute atomic E-state index is 0. The Labute approximate surface area is 147 Å². The number of benzene rings is 1. The molecule has 5 heteroatoms. The molecule has 1 aromatic carbocycles. The first-order chi connectivity index (χ1) is 9.56. The summed E-state index contributed by atoms with van der Waals surface area (Å²) in [5.41, 5.74) is 9.44. The van der Waals surface area contributed by atoms with Crippen LogP contribution < -0.4 is 11.1 Å². The van der Waals surface area contributed by atoms with E-state index in [1.165, 1.54) is 16.0 Å². The lowest BCUT2D eigenvalue weighted by molar-refractivity contribution is 0.790. The van der Waals surface area contributed by atoms with Crippen molar-refractivity contribution in [1.82, 2.24) is 0 Å². The number of aryl methyl sites for hydroxylation is 2. The van der Waals surface area contributed by atoms with Crippen molar-refractivity contribution in [2.24, 2.45) is 10.7 Å². The maximum absolute atomic E-state index is 5.94. The van der Waals surface area contributed by atoms with Crippen LogP contribution in [0.2, 0.25) is 0 Å². The van der Waals surface area contributed by atoms with Gasteiger partial charge >= 0.3 is 0 Å². The van der Waals surface area contributed by atoms with Gasteiger partial charge in [-0.3, -0.25) is 4.99 Å². The number of thiophene rings is 1. The van der Waals surface area contributed by atoms with Gasteiger partial charge in [-0.25, -0.2) is 0 Å². The molecule has 0 fully saturated rings. The van der Waals surface area contributed by atoms with Gasteiger partial charge in [-0.15, -0.1) is 35.3 Å². The molecule has 3 N–H and O–H groups in total. The molecule has 0 saturated carbocycles. The van der Waals surface area contributed by atoms with Crippen molar-refractivity contribution in [3.05, 3.63) is 51.7 Å². The number of nitrogens with zero attached hydrogens (tertiary/aromatic N) is 1. The van der Waals surface area contributed by atoms with Crippen LogP contribution >= 0.6 is 35.3 Å². The standard InChI is InChI=1S/C16H21N3S.HI/c1-11-6-7-14(9-12(11)2)19-16(17)18-10-13(3)15-5-4-8-20-15;/h4-9,13H,10H2,1-3H3,(H3,17,18,19);1H. The summed E-state index contributed by atoms with van der Waals surface area (Å²) in [6.45, 7) is 7.05. The molecule has 0 aliphatic carbocycles. The maximum atomic E-state index is 5.94. The molecule has 114 valence electrons. The minimum Gasteiger partial charge on any atom is -0.370 e. The zero-order valence-electron chi connectivity index (χ0n) is 12.6. The molecule has 0 amide bonds. The lowest BCUT2D eigenvalue weighted by Gasteiger charge is -2.10. The maximum Gasteiger partial charge on any atom is 0.193 e. The molecule has 1 atom stereocenters. The van der Waals surface area contributed by atoms with Crippen LogP contribution in [0.4, 0.5) is 5.69 Å². The third-order valence-electron chi connectivity index (χ3n) is 3.34. The molecule has 1 aromatic heterocycles. The van der Waals surface area contributed by atoms with E-state index in [4.69, 9.17) is 5.73 Å². The first-order valence-corrected chi connectivity index (χ1v) is 7.62. The largest absolute Gasteiger partial charge is 0.370 e. The first kappa shape index (κ1) is 18.0. The Morgan fingerprint density at radius 1 is 1.29 bits per heavy atom. The lowest BCUT2D eigenvalue weighted by atomic mass is 10.1. The highest BCUT2D eigenvalue weighted by Crippen LogP contribution is 2.20. The second kappa shape index (κ2) is 8.38. The quantitative estimate of drug-likeness (QED) is 0.439. The van der Waals surface area contributed by atoms with Crippen LogP contribution in [0.1, 0.15) is 28.8 Å². The van der Waals surface area contributed by atoms with Crippen molar-refractivity contribution in [1.29, 1.82) is 0 Å². The van der Waals surface area contributed by atoms with Gasteiger partial charge in [0.1, 0.15) is 0 Å². The van der Waals surface area contributed by atoms with Gasteiger partial charge in [-0.05, 0) is 48.6 Å². The molecule has 1 heterocycles.